The van der Waals surface area contributed by atoms with Crippen LogP contribution in [0, 0.1) is 0 Å². The molecule has 2 aliphatic heterocycles. The molecule has 2 aliphatic rings. The van der Waals surface area contributed by atoms with Crippen LogP contribution >= 0.6 is 11.6 Å². The number of anilines is 2. The second-order valence-electron chi connectivity index (χ2n) is 7.66. The monoisotopic (exact) mass is 427 g/mol. The highest BCUT2D eigenvalue weighted by Crippen LogP contribution is 2.27. The van der Waals surface area contributed by atoms with Gasteiger partial charge in [-0.1, -0.05) is 11.6 Å². The molecular formula is C23H26ClN3O3. The highest BCUT2D eigenvalue weighted by atomic mass is 35.5. The lowest BCUT2D eigenvalue weighted by Crippen LogP contribution is -2.48. The Kier molecular flexibility index (Phi) is 6.43. The molecule has 1 N–H and O–H groups in total. The summed E-state index contributed by atoms with van der Waals surface area (Å²) in [5, 5.41) is 3.60. The van der Waals surface area contributed by atoms with Crippen LogP contribution < -0.4 is 15.0 Å². The lowest BCUT2D eigenvalue weighted by molar-refractivity contribution is -0.131. The predicted molar refractivity (Wildman–Crippen MR) is 118 cm³/mol. The van der Waals surface area contributed by atoms with E-state index in [1.807, 2.05) is 47.4 Å². The number of ether oxygens (including phenoxy) is 1. The molecule has 0 saturated carbocycles. The van der Waals surface area contributed by atoms with Gasteiger partial charge < -0.3 is 19.9 Å². The molecule has 2 aromatic carbocycles. The van der Waals surface area contributed by atoms with Gasteiger partial charge in [-0.15, -0.1) is 0 Å². The largest absolute Gasteiger partial charge is 0.494 e. The number of rotatable bonds is 6. The summed E-state index contributed by atoms with van der Waals surface area (Å²) in [6.07, 6.45) is 2.42. The van der Waals surface area contributed by atoms with E-state index in [-0.39, 0.29) is 11.8 Å². The molecule has 0 bridgehead atoms. The summed E-state index contributed by atoms with van der Waals surface area (Å²) >= 11 is 5.95. The average molecular weight is 428 g/mol. The zero-order valence-corrected chi connectivity index (χ0v) is 17.7. The first-order valence-corrected chi connectivity index (χ1v) is 10.8. The molecule has 7 heteroatoms. The van der Waals surface area contributed by atoms with Crippen LogP contribution in [-0.2, 0) is 16.0 Å². The number of nitrogens with zero attached hydrogens (tertiary/aromatic N) is 2. The molecule has 4 rings (SSSR count). The first-order chi connectivity index (χ1) is 14.6. The Bertz CT molecular complexity index is 908. The van der Waals surface area contributed by atoms with Crippen LogP contribution in [0.4, 0.5) is 11.4 Å². The van der Waals surface area contributed by atoms with Gasteiger partial charge in [0, 0.05) is 55.4 Å². The fourth-order valence-electron chi connectivity index (χ4n) is 3.89. The molecule has 0 radical (unpaired) electrons. The minimum absolute atomic E-state index is 0.0590. The third kappa shape index (κ3) is 5.05. The summed E-state index contributed by atoms with van der Waals surface area (Å²) in [5.74, 6) is 1.03. The molecule has 0 aliphatic carbocycles. The Morgan fingerprint density at radius 2 is 1.80 bits per heavy atom. The molecule has 0 unspecified atom stereocenters. The summed E-state index contributed by atoms with van der Waals surface area (Å²) in [5.41, 5.74) is 3.11. The molecule has 6 nitrogen and oxygen atoms in total. The van der Waals surface area contributed by atoms with Gasteiger partial charge in [0.1, 0.15) is 5.75 Å². The summed E-state index contributed by atoms with van der Waals surface area (Å²) in [4.78, 5) is 28.2. The van der Waals surface area contributed by atoms with Gasteiger partial charge in [-0.2, -0.15) is 0 Å². The Balaban J connectivity index is 1.18. The highest BCUT2D eigenvalue weighted by molar-refractivity contribution is 6.30. The van der Waals surface area contributed by atoms with E-state index in [1.165, 1.54) is 0 Å². The van der Waals surface area contributed by atoms with Crippen molar-refractivity contribution in [2.24, 2.45) is 0 Å². The van der Waals surface area contributed by atoms with E-state index in [2.05, 4.69) is 10.2 Å². The molecule has 2 aromatic rings. The van der Waals surface area contributed by atoms with Crippen molar-refractivity contribution in [3.63, 3.8) is 0 Å². The fraction of sp³-hybridized carbons (Fsp3) is 0.391. The van der Waals surface area contributed by atoms with Crippen LogP contribution in [0.5, 0.6) is 5.75 Å². The van der Waals surface area contributed by atoms with Gasteiger partial charge >= 0.3 is 0 Å². The summed E-state index contributed by atoms with van der Waals surface area (Å²) in [6.45, 7) is 3.63. The van der Waals surface area contributed by atoms with Gasteiger partial charge in [0.05, 0.1) is 6.61 Å². The number of benzene rings is 2. The van der Waals surface area contributed by atoms with Crippen molar-refractivity contribution in [1.82, 2.24) is 4.90 Å². The Hall–Kier alpha value is -2.73. The number of nitrogens with one attached hydrogen (secondary N) is 1. The van der Waals surface area contributed by atoms with Crippen molar-refractivity contribution in [2.75, 3.05) is 43.0 Å². The number of aryl methyl sites for hydroxylation is 1. The molecule has 0 spiro atoms. The van der Waals surface area contributed by atoms with Crippen LogP contribution in [0.15, 0.2) is 42.5 Å². The standard InChI is InChI=1S/C23H26ClN3O3/c24-18-4-6-19(7-5-18)26-11-13-27(14-12-26)23(29)2-1-15-30-20-8-9-21-17(16-20)3-10-22(28)25-21/h4-9,16H,1-3,10-15H2,(H,25,28). The summed E-state index contributed by atoms with van der Waals surface area (Å²) < 4.78 is 5.82. The Morgan fingerprint density at radius 3 is 2.57 bits per heavy atom. The minimum atomic E-state index is 0.0590. The molecule has 2 amide bonds. The van der Waals surface area contributed by atoms with E-state index in [4.69, 9.17) is 16.3 Å². The van der Waals surface area contributed by atoms with Gasteiger partial charge in [-0.25, -0.2) is 0 Å². The molecule has 2 heterocycles. The second kappa shape index (κ2) is 9.39. The lowest BCUT2D eigenvalue weighted by Gasteiger charge is -2.36. The number of carbonyl (C=O) groups is 2. The maximum absolute atomic E-state index is 12.5. The molecule has 1 saturated heterocycles. The Labute approximate surface area is 181 Å². The normalized spacial score (nSPS) is 16.1. The van der Waals surface area contributed by atoms with E-state index in [1.54, 1.807) is 0 Å². The maximum atomic E-state index is 12.5. The highest BCUT2D eigenvalue weighted by Gasteiger charge is 2.21. The van der Waals surface area contributed by atoms with Crippen LogP contribution in [-0.4, -0.2) is 49.5 Å². The summed E-state index contributed by atoms with van der Waals surface area (Å²) in [7, 11) is 0. The maximum Gasteiger partial charge on any atom is 0.224 e. The van der Waals surface area contributed by atoms with Gasteiger partial charge in [-0.05, 0) is 60.9 Å². The van der Waals surface area contributed by atoms with Crippen LogP contribution in [0.3, 0.4) is 0 Å². The first-order valence-electron chi connectivity index (χ1n) is 10.4. The topological polar surface area (TPSA) is 61.9 Å². The van der Waals surface area contributed by atoms with Crippen molar-refractivity contribution in [2.45, 2.75) is 25.7 Å². The molecule has 1 fully saturated rings. The lowest BCUT2D eigenvalue weighted by atomic mass is 10.0. The van der Waals surface area contributed by atoms with E-state index in [9.17, 15) is 9.59 Å². The number of amides is 2. The van der Waals surface area contributed by atoms with Gasteiger partial charge in [0.2, 0.25) is 11.8 Å². The van der Waals surface area contributed by atoms with E-state index in [0.29, 0.717) is 25.9 Å². The Morgan fingerprint density at radius 1 is 1.03 bits per heavy atom. The van der Waals surface area contributed by atoms with Crippen molar-refractivity contribution < 1.29 is 14.3 Å². The average Bonchev–Trinajstić information content (AvgIpc) is 2.77. The fourth-order valence-corrected chi connectivity index (χ4v) is 4.01. The van der Waals surface area contributed by atoms with Crippen molar-refractivity contribution in [3.8, 4) is 5.75 Å². The number of carbonyl (C=O) groups excluding carboxylic acids is 2. The number of hydrogen-bond donors (Lipinski definition) is 1. The number of halogens is 1. The molecule has 0 aromatic heterocycles. The van der Waals surface area contributed by atoms with Crippen LogP contribution in [0.2, 0.25) is 5.02 Å². The molecule has 158 valence electrons. The third-order valence-corrected chi connectivity index (χ3v) is 5.85. The second-order valence-corrected chi connectivity index (χ2v) is 8.10. The minimum Gasteiger partial charge on any atom is -0.494 e. The number of fused-ring (bicyclic) bond motifs is 1. The van der Waals surface area contributed by atoms with E-state index < -0.39 is 0 Å². The molecule has 30 heavy (non-hydrogen) atoms. The zero-order chi connectivity index (χ0) is 20.9. The van der Waals surface area contributed by atoms with Crippen LogP contribution in [0.1, 0.15) is 24.8 Å². The predicted octanol–water partition coefficient (Wildman–Crippen LogP) is 3.73. The van der Waals surface area contributed by atoms with Crippen molar-refractivity contribution >= 4 is 34.8 Å². The van der Waals surface area contributed by atoms with Crippen molar-refractivity contribution in [3.05, 3.63) is 53.1 Å². The van der Waals surface area contributed by atoms with Gasteiger partial charge in [0.25, 0.3) is 0 Å². The summed E-state index contributed by atoms with van der Waals surface area (Å²) in [6, 6.07) is 13.6. The van der Waals surface area contributed by atoms with Crippen LogP contribution in [0.25, 0.3) is 0 Å². The quantitative estimate of drug-likeness (QED) is 0.713. The van der Waals surface area contributed by atoms with Crippen molar-refractivity contribution in [1.29, 1.82) is 0 Å². The smallest absolute Gasteiger partial charge is 0.224 e. The van der Waals surface area contributed by atoms with Gasteiger partial charge in [-0.3, -0.25) is 9.59 Å². The third-order valence-electron chi connectivity index (χ3n) is 5.60. The van der Waals surface area contributed by atoms with E-state index >= 15 is 0 Å². The molecule has 0 atom stereocenters. The van der Waals surface area contributed by atoms with Gasteiger partial charge in [0.15, 0.2) is 0 Å². The number of piperazine rings is 1. The SMILES string of the molecule is O=C1CCc2cc(OCCCC(=O)N3CCN(c4ccc(Cl)cc4)CC3)ccc2N1. The first kappa shape index (κ1) is 20.5. The van der Waals surface area contributed by atoms with E-state index in [0.717, 1.165) is 60.3 Å². The number of hydrogen-bond acceptors (Lipinski definition) is 4. The zero-order valence-electron chi connectivity index (χ0n) is 16.9. The molecular weight excluding hydrogens is 402 g/mol.